The van der Waals surface area contributed by atoms with Crippen LogP contribution in [0, 0.1) is 5.92 Å². The van der Waals surface area contributed by atoms with Crippen molar-refractivity contribution in [1.29, 1.82) is 0 Å². The summed E-state index contributed by atoms with van der Waals surface area (Å²) in [5.41, 5.74) is 1.31. The van der Waals surface area contributed by atoms with Gasteiger partial charge in [-0.15, -0.1) is 0 Å². The maximum Gasteiger partial charge on any atom is 0.129 e. The lowest BCUT2D eigenvalue weighted by atomic mass is 10.1. The molecule has 0 unspecified atom stereocenters. The minimum absolute atomic E-state index is 0.620. The van der Waals surface area contributed by atoms with Crippen LogP contribution in [0.2, 0.25) is 0 Å². The van der Waals surface area contributed by atoms with E-state index in [1.165, 1.54) is 18.7 Å². The molecule has 0 spiro atoms. The molecule has 1 fully saturated rings. The van der Waals surface area contributed by atoms with Crippen LogP contribution in [0.5, 0.6) is 0 Å². The summed E-state index contributed by atoms with van der Waals surface area (Å²) in [6, 6.07) is 0.620. The van der Waals surface area contributed by atoms with Crippen LogP contribution in [0.3, 0.4) is 0 Å². The molecule has 0 aromatic carbocycles. The highest BCUT2D eigenvalue weighted by atomic mass is 15.4. The summed E-state index contributed by atoms with van der Waals surface area (Å²) in [7, 11) is 6.79. The fraction of sp³-hybridized carbons (Fsp3) is 0.833. The van der Waals surface area contributed by atoms with E-state index in [1.54, 1.807) is 0 Å². The quantitative estimate of drug-likeness (QED) is 0.625. The molecule has 0 amide bonds. The molecule has 1 aliphatic heterocycles. The number of hydrogen-bond acceptors (Lipinski definition) is 1. The molecule has 2 nitrogen and oxygen atoms in total. The number of rotatable bonds is 3. The Balaban J connectivity index is 2.73. The van der Waals surface area contributed by atoms with Crippen LogP contribution in [-0.4, -0.2) is 49.7 Å². The molecule has 2 atom stereocenters. The molecule has 0 aromatic rings. The zero-order valence-electron chi connectivity index (χ0n) is 10.4. The normalized spacial score (nSPS) is 30.4. The van der Waals surface area contributed by atoms with Gasteiger partial charge in [0.25, 0.3) is 0 Å². The summed E-state index contributed by atoms with van der Waals surface area (Å²) in [5.74, 6) is 0.831. The third-order valence-electron chi connectivity index (χ3n) is 3.60. The molecule has 0 bridgehead atoms. The van der Waals surface area contributed by atoms with Crippen LogP contribution in [0.15, 0.2) is 12.3 Å². The van der Waals surface area contributed by atoms with Crippen molar-refractivity contribution in [3.63, 3.8) is 0 Å². The van der Waals surface area contributed by atoms with Gasteiger partial charge in [-0.3, -0.25) is 0 Å². The first-order chi connectivity index (χ1) is 6.38. The predicted molar refractivity (Wildman–Crippen MR) is 62.0 cm³/mol. The van der Waals surface area contributed by atoms with E-state index < -0.39 is 0 Å². The number of likely N-dealkylation sites (tertiary alicyclic amines) is 1. The molecule has 0 N–H and O–H groups in total. The third-order valence-corrected chi connectivity index (χ3v) is 3.60. The molecular formula is C12H25N2+. The van der Waals surface area contributed by atoms with E-state index in [9.17, 15) is 0 Å². The zero-order valence-corrected chi connectivity index (χ0v) is 10.4. The van der Waals surface area contributed by atoms with Gasteiger partial charge in [-0.1, -0.05) is 13.5 Å². The Kier molecular flexibility index (Phi) is 3.25. The lowest BCUT2D eigenvalue weighted by molar-refractivity contribution is -0.898. The summed E-state index contributed by atoms with van der Waals surface area (Å²) >= 11 is 0. The molecule has 1 saturated heterocycles. The van der Waals surface area contributed by atoms with E-state index in [-0.39, 0.29) is 0 Å². The van der Waals surface area contributed by atoms with Crippen LogP contribution in [-0.2, 0) is 0 Å². The van der Waals surface area contributed by atoms with E-state index in [0.717, 1.165) is 16.9 Å². The van der Waals surface area contributed by atoms with Crippen molar-refractivity contribution in [2.24, 2.45) is 5.92 Å². The van der Waals surface area contributed by atoms with Crippen molar-refractivity contribution in [2.75, 3.05) is 34.2 Å². The van der Waals surface area contributed by atoms with Gasteiger partial charge in [-0.25, -0.2) is 0 Å². The number of nitrogens with zero attached hydrogens (tertiary/aromatic N) is 2. The molecule has 0 aromatic heterocycles. The molecule has 0 radical (unpaired) electrons. The maximum absolute atomic E-state index is 4.25. The van der Waals surface area contributed by atoms with E-state index in [1.807, 2.05) is 0 Å². The van der Waals surface area contributed by atoms with Crippen molar-refractivity contribution < 1.29 is 4.48 Å². The molecular weight excluding hydrogens is 172 g/mol. The maximum atomic E-state index is 4.25. The lowest BCUT2D eigenvalue weighted by Crippen LogP contribution is -2.47. The first kappa shape index (κ1) is 11.6. The second-order valence-electron chi connectivity index (χ2n) is 5.32. The first-order valence-electron chi connectivity index (χ1n) is 5.61. The molecule has 2 heteroatoms. The number of likely N-dealkylation sites (N-methyl/N-ethyl adjacent to an activating group) is 2. The number of hydrogen-bond donors (Lipinski definition) is 0. The summed E-state index contributed by atoms with van der Waals surface area (Å²) in [4.78, 5) is 2.28. The van der Waals surface area contributed by atoms with E-state index >= 15 is 0 Å². The van der Waals surface area contributed by atoms with E-state index in [4.69, 9.17) is 0 Å². The van der Waals surface area contributed by atoms with Gasteiger partial charge in [-0.05, 0) is 6.92 Å². The van der Waals surface area contributed by atoms with Gasteiger partial charge in [0.15, 0.2) is 0 Å². The highest BCUT2D eigenvalue weighted by molar-refractivity contribution is 5.03. The topological polar surface area (TPSA) is 3.24 Å². The van der Waals surface area contributed by atoms with Crippen molar-refractivity contribution in [1.82, 2.24) is 4.90 Å². The second-order valence-corrected chi connectivity index (χ2v) is 5.32. The van der Waals surface area contributed by atoms with Crippen molar-refractivity contribution in [2.45, 2.75) is 26.3 Å². The fourth-order valence-corrected chi connectivity index (χ4v) is 2.67. The second kappa shape index (κ2) is 3.93. The summed E-state index contributed by atoms with van der Waals surface area (Å²) in [6.45, 7) is 11.1. The Morgan fingerprint density at radius 2 is 2.07 bits per heavy atom. The smallest absolute Gasteiger partial charge is 0.129 e. The van der Waals surface area contributed by atoms with Crippen LogP contribution < -0.4 is 0 Å². The molecule has 1 rings (SSSR count). The van der Waals surface area contributed by atoms with Crippen molar-refractivity contribution >= 4 is 0 Å². The number of quaternary nitrogens is 1. The van der Waals surface area contributed by atoms with Crippen molar-refractivity contribution in [3.05, 3.63) is 12.3 Å². The van der Waals surface area contributed by atoms with Gasteiger partial charge < -0.3 is 9.38 Å². The highest BCUT2D eigenvalue weighted by Crippen LogP contribution is 2.31. The summed E-state index contributed by atoms with van der Waals surface area (Å²) in [6.07, 6.45) is 1.29. The monoisotopic (exact) mass is 197 g/mol. The molecule has 14 heavy (non-hydrogen) atoms. The van der Waals surface area contributed by atoms with Crippen LogP contribution in [0.4, 0.5) is 0 Å². The predicted octanol–water partition coefficient (Wildman–Crippen LogP) is 1.94. The van der Waals surface area contributed by atoms with Crippen LogP contribution in [0.25, 0.3) is 0 Å². The Morgan fingerprint density at radius 1 is 1.50 bits per heavy atom. The minimum Gasteiger partial charge on any atom is -0.374 e. The largest absolute Gasteiger partial charge is 0.374 e. The van der Waals surface area contributed by atoms with Gasteiger partial charge in [-0.2, -0.15) is 0 Å². The Bertz CT molecular complexity index is 220. The molecule has 1 heterocycles. The lowest BCUT2D eigenvalue weighted by Gasteiger charge is -2.35. The molecule has 82 valence electrons. The Morgan fingerprint density at radius 3 is 2.43 bits per heavy atom. The molecule has 1 aliphatic rings. The molecule has 0 aliphatic carbocycles. The first-order valence-corrected chi connectivity index (χ1v) is 5.61. The average molecular weight is 197 g/mol. The van der Waals surface area contributed by atoms with Gasteiger partial charge in [0.2, 0.25) is 0 Å². The van der Waals surface area contributed by atoms with Gasteiger partial charge in [0.05, 0.1) is 26.3 Å². The van der Waals surface area contributed by atoms with Gasteiger partial charge in [0.1, 0.15) is 6.04 Å². The van der Waals surface area contributed by atoms with E-state index in [0.29, 0.717) is 6.04 Å². The minimum atomic E-state index is 0.620. The van der Waals surface area contributed by atoms with Gasteiger partial charge >= 0.3 is 0 Å². The highest BCUT2D eigenvalue weighted by Gasteiger charge is 2.40. The standard InChI is InChI=1S/C12H25N2/c1-7-13(4)11(3)12-8-10(2)9-14(12,5)6/h10,12H,3,7-9H2,1-2,4-6H3/q+1/t10-,12+/m1/s1. The summed E-state index contributed by atoms with van der Waals surface area (Å²) < 4.78 is 1.10. The Hall–Kier alpha value is -0.500. The zero-order chi connectivity index (χ0) is 10.9. The van der Waals surface area contributed by atoms with E-state index in [2.05, 4.69) is 46.5 Å². The van der Waals surface area contributed by atoms with Crippen molar-refractivity contribution in [3.8, 4) is 0 Å². The Labute approximate surface area is 88.8 Å². The SMILES string of the molecule is C=C([C@@H]1C[C@@H](C)C[N+]1(C)C)N(C)CC. The van der Waals surface area contributed by atoms with Crippen LogP contribution >= 0.6 is 0 Å². The molecule has 0 saturated carbocycles. The van der Waals surface area contributed by atoms with Gasteiger partial charge in [0, 0.05) is 25.9 Å². The summed E-state index contributed by atoms with van der Waals surface area (Å²) in [5, 5.41) is 0. The fourth-order valence-electron chi connectivity index (χ4n) is 2.67. The van der Waals surface area contributed by atoms with Crippen LogP contribution in [0.1, 0.15) is 20.3 Å². The third kappa shape index (κ3) is 2.11. The average Bonchev–Trinajstić information content (AvgIpc) is 2.36.